The van der Waals surface area contributed by atoms with E-state index < -0.39 is 0 Å². The van der Waals surface area contributed by atoms with E-state index in [1.165, 1.54) is 24.0 Å². The second-order valence-electron chi connectivity index (χ2n) is 8.31. The lowest BCUT2D eigenvalue weighted by molar-refractivity contribution is -0.183. The van der Waals surface area contributed by atoms with Crippen LogP contribution in [0.25, 0.3) is 0 Å². The minimum absolute atomic E-state index is 0.110. The van der Waals surface area contributed by atoms with Crippen molar-refractivity contribution in [1.82, 2.24) is 24.6 Å². The molecule has 2 fully saturated rings. The van der Waals surface area contributed by atoms with Crippen LogP contribution in [0, 0.1) is 5.92 Å². The first-order valence-corrected chi connectivity index (χ1v) is 10.1. The van der Waals surface area contributed by atoms with Gasteiger partial charge in [-0.2, -0.15) is 5.10 Å². The van der Waals surface area contributed by atoms with Crippen LogP contribution in [0.5, 0.6) is 0 Å². The smallest absolute Gasteiger partial charge is 0.0935 e. The Bertz CT molecular complexity index is 715. The summed E-state index contributed by atoms with van der Waals surface area (Å²) in [6.45, 7) is 9.09. The highest BCUT2D eigenvalue weighted by Gasteiger charge is 2.46. The van der Waals surface area contributed by atoms with Gasteiger partial charge in [0, 0.05) is 63.4 Å². The lowest BCUT2D eigenvalue weighted by atomic mass is 9.82. The monoisotopic (exact) mass is 369 g/mol. The van der Waals surface area contributed by atoms with Gasteiger partial charge in [-0.05, 0) is 44.4 Å². The van der Waals surface area contributed by atoms with E-state index >= 15 is 0 Å². The summed E-state index contributed by atoms with van der Waals surface area (Å²) in [5.74, 6) is 0.633. The third-order valence-corrected chi connectivity index (χ3v) is 5.82. The molecule has 2 aromatic heterocycles. The first kappa shape index (κ1) is 18.6. The molecule has 6 nitrogen and oxygen atoms in total. The van der Waals surface area contributed by atoms with Crippen molar-refractivity contribution in [2.45, 2.75) is 45.0 Å². The minimum atomic E-state index is 0.110. The van der Waals surface area contributed by atoms with Crippen molar-refractivity contribution in [2.75, 3.05) is 33.3 Å². The van der Waals surface area contributed by atoms with Crippen LogP contribution in [-0.4, -0.2) is 63.5 Å². The fourth-order valence-corrected chi connectivity index (χ4v) is 4.42. The van der Waals surface area contributed by atoms with E-state index in [0.29, 0.717) is 5.92 Å². The highest BCUT2D eigenvalue weighted by Crippen LogP contribution is 2.36. The SMILES string of the molecule is CCn1cc(CN2CC3(CCC(CN(C)Cc4cccnc4)CO3)C2)cn1. The Balaban J connectivity index is 1.18. The van der Waals surface area contributed by atoms with Gasteiger partial charge in [0.15, 0.2) is 0 Å². The van der Waals surface area contributed by atoms with Crippen molar-refractivity contribution in [2.24, 2.45) is 5.92 Å². The highest BCUT2D eigenvalue weighted by molar-refractivity contribution is 5.09. The van der Waals surface area contributed by atoms with Gasteiger partial charge in [0.1, 0.15) is 0 Å². The van der Waals surface area contributed by atoms with Crippen LogP contribution in [0.4, 0.5) is 0 Å². The summed E-state index contributed by atoms with van der Waals surface area (Å²) >= 11 is 0. The summed E-state index contributed by atoms with van der Waals surface area (Å²) in [6, 6.07) is 4.15. The third kappa shape index (κ3) is 4.57. The second-order valence-corrected chi connectivity index (χ2v) is 8.31. The van der Waals surface area contributed by atoms with Gasteiger partial charge in [-0.3, -0.25) is 14.6 Å². The molecule has 0 N–H and O–H groups in total. The molecule has 2 saturated heterocycles. The number of ether oxygens (including phenoxy) is 1. The number of rotatable bonds is 7. The summed E-state index contributed by atoms with van der Waals surface area (Å²) < 4.78 is 8.35. The Morgan fingerprint density at radius 2 is 2.19 bits per heavy atom. The van der Waals surface area contributed by atoms with E-state index in [4.69, 9.17) is 4.74 Å². The van der Waals surface area contributed by atoms with Crippen molar-refractivity contribution in [3.8, 4) is 0 Å². The first-order valence-electron chi connectivity index (χ1n) is 10.1. The second kappa shape index (κ2) is 8.09. The zero-order valence-corrected chi connectivity index (χ0v) is 16.5. The Labute approximate surface area is 162 Å². The van der Waals surface area contributed by atoms with Gasteiger partial charge in [0.25, 0.3) is 0 Å². The fourth-order valence-electron chi connectivity index (χ4n) is 4.42. The third-order valence-electron chi connectivity index (χ3n) is 5.82. The number of aromatic nitrogens is 3. The number of likely N-dealkylation sites (tertiary alicyclic amines) is 1. The normalized spacial score (nSPS) is 22.3. The Morgan fingerprint density at radius 3 is 2.85 bits per heavy atom. The molecule has 1 unspecified atom stereocenters. The van der Waals surface area contributed by atoms with E-state index in [0.717, 1.165) is 45.9 Å². The molecular weight excluding hydrogens is 338 g/mol. The number of hydrogen-bond donors (Lipinski definition) is 0. The number of hydrogen-bond acceptors (Lipinski definition) is 5. The molecule has 2 aliphatic heterocycles. The number of pyridine rings is 1. The highest BCUT2D eigenvalue weighted by atomic mass is 16.5. The first-order chi connectivity index (χ1) is 13.1. The average Bonchev–Trinajstić information content (AvgIpc) is 3.10. The van der Waals surface area contributed by atoms with Gasteiger partial charge in [-0.1, -0.05) is 6.07 Å². The van der Waals surface area contributed by atoms with Crippen LogP contribution in [0.2, 0.25) is 0 Å². The molecule has 4 rings (SSSR count). The molecule has 0 radical (unpaired) electrons. The van der Waals surface area contributed by atoms with Crippen LogP contribution >= 0.6 is 0 Å². The molecule has 2 aromatic rings. The van der Waals surface area contributed by atoms with Crippen molar-refractivity contribution in [3.63, 3.8) is 0 Å². The largest absolute Gasteiger partial charge is 0.372 e. The molecule has 0 saturated carbocycles. The molecule has 1 atom stereocenters. The number of nitrogens with zero attached hydrogens (tertiary/aromatic N) is 5. The van der Waals surface area contributed by atoms with Gasteiger partial charge in [-0.15, -0.1) is 0 Å². The molecule has 6 heteroatoms. The van der Waals surface area contributed by atoms with Crippen molar-refractivity contribution >= 4 is 0 Å². The van der Waals surface area contributed by atoms with Crippen LogP contribution in [0.15, 0.2) is 36.9 Å². The van der Waals surface area contributed by atoms with Crippen LogP contribution in [0.3, 0.4) is 0 Å². The van der Waals surface area contributed by atoms with Crippen LogP contribution in [-0.2, 0) is 24.4 Å². The van der Waals surface area contributed by atoms with Crippen molar-refractivity contribution < 1.29 is 4.74 Å². The quantitative estimate of drug-likeness (QED) is 0.750. The summed E-state index contributed by atoms with van der Waals surface area (Å²) in [7, 11) is 2.19. The maximum atomic E-state index is 6.36. The van der Waals surface area contributed by atoms with Crippen molar-refractivity contribution in [3.05, 3.63) is 48.0 Å². The predicted octanol–water partition coefficient (Wildman–Crippen LogP) is 2.41. The molecule has 27 heavy (non-hydrogen) atoms. The van der Waals surface area contributed by atoms with Crippen LogP contribution < -0.4 is 0 Å². The topological polar surface area (TPSA) is 46.4 Å². The Kier molecular flexibility index (Phi) is 5.57. The molecule has 4 heterocycles. The molecule has 1 spiro atoms. The van der Waals surface area contributed by atoms with Gasteiger partial charge < -0.3 is 9.64 Å². The van der Waals surface area contributed by atoms with Gasteiger partial charge in [0.2, 0.25) is 0 Å². The zero-order valence-electron chi connectivity index (χ0n) is 16.5. The molecular formula is C21H31N5O. The summed E-state index contributed by atoms with van der Waals surface area (Å²) in [5.41, 5.74) is 2.69. The molecule has 2 aliphatic rings. The minimum Gasteiger partial charge on any atom is -0.372 e. The Morgan fingerprint density at radius 1 is 1.30 bits per heavy atom. The Hall–Kier alpha value is -1.76. The summed E-state index contributed by atoms with van der Waals surface area (Å²) in [5, 5.41) is 4.37. The van der Waals surface area contributed by atoms with E-state index in [1.807, 2.05) is 29.3 Å². The van der Waals surface area contributed by atoms with E-state index in [1.54, 1.807) is 0 Å². The maximum Gasteiger partial charge on any atom is 0.0935 e. The number of aryl methyl sites for hydroxylation is 1. The summed E-state index contributed by atoms with van der Waals surface area (Å²) in [6.07, 6.45) is 10.4. The molecule has 0 bridgehead atoms. The molecule has 0 aliphatic carbocycles. The van der Waals surface area contributed by atoms with E-state index in [-0.39, 0.29) is 5.60 Å². The fraction of sp³-hybridized carbons (Fsp3) is 0.619. The van der Waals surface area contributed by atoms with Crippen molar-refractivity contribution in [1.29, 1.82) is 0 Å². The van der Waals surface area contributed by atoms with Gasteiger partial charge >= 0.3 is 0 Å². The van der Waals surface area contributed by atoms with Crippen LogP contribution in [0.1, 0.15) is 30.9 Å². The average molecular weight is 370 g/mol. The lowest BCUT2D eigenvalue weighted by Gasteiger charge is -2.53. The lowest BCUT2D eigenvalue weighted by Crippen LogP contribution is -2.64. The molecule has 146 valence electrons. The molecule has 0 aromatic carbocycles. The standard InChI is InChI=1S/C21H31N5O/c1-3-26-14-20(10-23-26)13-25-16-21(17-25)7-6-19(15-27-21)12-24(2)11-18-5-4-8-22-9-18/h4-5,8-10,14,19H,3,6-7,11-13,15-17H2,1-2H3. The van der Waals surface area contributed by atoms with Gasteiger partial charge in [0.05, 0.1) is 18.4 Å². The van der Waals surface area contributed by atoms with Gasteiger partial charge in [-0.25, -0.2) is 0 Å². The molecule has 0 amide bonds. The van der Waals surface area contributed by atoms with E-state index in [9.17, 15) is 0 Å². The zero-order chi connectivity index (χ0) is 18.7. The predicted molar refractivity (Wildman–Crippen MR) is 105 cm³/mol. The summed E-state index contributed by atoms with van der Waals surface area (Å²) in [4.78, 5) is 9.07. The van der Waals surface area contributed by atoms with E-state index in [2.05, 4.69) is 46.1 Å². The maximum absolute atomic E-state index is 6.36.